The standard InChI is InChI=1S/C14H15NOS/c1-10-7-8-14(17-10)13-6-4-3-5-12(13)9-15-11(2)16/h3-8H,9H2,1-2H3,(H,15,16). The Hall–Kier alpha value is -1.61. The summed E-state index contributed by atoms with van der Waals surface area (Å²) in [4.78, 5) is 13.5. The van der Waals surface area contributed by atoms with Gasteiger partial charge < -0.3 is 5.32 Å². The summed E-state index contributed by atoms with van der Waals surface area (Å²) in [5, 5.41) is 2.84. The van der Waals surface area contributed by atoms with Gasteiger partial charge in [0.1, 0.15) is 0 Å². The summed E-state index contributed by atoms with van der Waals surface area (Å²) < 4.78 is 0. The van der Waals surface area contributed by atoms with E-state index < -0.39 is 0 Å². The minimum absolute atomic E-state index is 0.00200. The van der Waals surface area contributed by atoms with Crippen molar-refractivity contribution in [1.29, 1.82) is 0 Å². The molecular weight excluding hydrogens is 230 g/mol. The van der Waals surface area contributed by atoms with Gasteiger partial charge in [-0.05, 0) is 30.2 Å². The highest BCUT2D eigenvalue weighted by atomic mass is 32.1. The van der Waals surface area contributed by atoms with E-state index >= 15 is 0 Å². The van der Waals surface area contributed by atoms with Crippen LogP contribution in [0.2, 0.25) is 0 Å². The van der Waals surface area contributed by atoms with Crippen LogP contribution < -0.4 is 5.32 Å². The Morgan fingerprint density at radius 3 is 2.65 bits per heavy atom. The van der Waals surface area contributed by atoms with Gasteiger partial charge in [0.25, 0.3) is 0 Å². The van der Waals surface area contributed by atoms with Crippen LogP contribution in [-0.4, -0.2) is 5.91 Å². The van der Waals surface area contributed by atoms with Crippen molar-refractivity contribution in [1.82, 2.24) is 5.32 Å². The van der Waals surface area contributed by atoms with E-state index in [1.807, 2.05) is 12.1 Å². The molecular formula is C14H15NOS. The number of thiophene rings is 1. The third kappa shape index (κ3) is 2.94. The first-order valence-corrected chi connectivity index (χ1v) is 6.37. The molecule has 0 spiro atoms. The molecule has 0 fully saturated rings. The number of nitrogens with one attached hydrogen (secondary N) is 1. The van der Waals surface area contributed by atoms with Crippen molar-refractivity contribution in [3.8, 4) is 10.4 Å². The lowest BCUT2D eigenvalue weighted by atomic mass is 10.1. The maximum Gasteiger partial charge on any atom is 0.217 e. The fraction of sp³-hybridized carbons (Fsp3) is 0.214. The third-order valence-corrected chi connectivity index (χ3v) is 3.58. The average Bonchev–Trinajstić information content (AvgIpc) is 2.73. The van der Waals surface area contributed by atoms with Gasteiger partial charge in [-0.1, -0.05) is 24.3 Å². The van der Waals surface area contributed by atoms with Gasteiger partial charge in [-0.3, -0.25) is 4.79 Å². The van der Waals surface area contributed by atoms with Crippen LogP contribution in [0.15, 0.2) is 36.4 Å². The molecule has 3 heteroatoms. The first kappa shape index (κ1) is 11.9. The first-order valence-electron chi connectivity index (χ1n) is 5.56. The Balaban J connectivity index is 2.30. The van der Waals surface area contributed by atoms with Crippen LogP contribution in [0.25, 0.3) is 10.4 Å². The topological polar surface area (TPSA) is 29.1 Å². The Morgan fingerprint density at radius 1 is 1.24 bits per heavy atom. The molecule has 2 nitrogen and oxygen atoms in total. The number of aryl methyl sites for hydroxylation is 1. The van der Waals surface area contributed by atoms with E-state index in [2.05, 4.69) is 36.5 Å². The Kier molecular flexibility index (Phi) is 3.59. The van der Waals surface area contributed by atoms with Gasteiger partial charge in [-0.2, -0.15) is 0 Å². The first-order chi connectivity index (χ1) is 8.16. The van der Waals surface area contributed by atoms with E-state index in [1.165, 1.54) is 22.2 Å². The van der Waals surface area contributed by atoms with E-state index in [0.29, 0.717) is 6.54 Å². The Labute approximate surface area is 105 Å². The summed E-state index contributed by atoms with van der Waals surface area (Å²) in [5.41, 5.74) is 2.36. The lowest BCUT2D eigenvalue weighted by Crippen LogP contribution is -2.19. The van der Waals surface area contributed by atoms with Gasteiger partial charge in [0.2, 0.25) is 5.91 Å². The lowest BCUT2D eigenvalue weighted by molar-refractivity contribution is -0.119. The largest absolute Gasteiger partial charge is 0.352 e. The molecule has 1 N–H and O–H groups in total. The molecule has 0 saturated heterocycles. The smallest absolute Gasteiger partial charge is 0.217 e. The van der Waals surface area contributed by atoms with Crippen LogP contribution in [-0.2, 0) is 11.3 Å². The van der Waals surface area contributed by atoms with Crippen LogP contribution in [0.3, 0.4) is 0 Å². The second-order valence-electron chi connectivity index (χ2n) is 3.98. The van der Waals surface area contributed by atoms with E-state index in [9.17, 15) is 4.79 Å². The zero-order valence-corrected chi connectivity index (χ0v) is 10.8. The number of benzene rings is 1. The minimum atomic E-state index is 0.00200. The fourth-order valence-corrected chi connectivity index (χ4v) is 2.64. The normalized spacial score (nSPS) is 10.2. The monoisotopic (exact) mass is 245 g/mol. The second kappa shape index (κ2) is 5.15. The highest BCUT2D eigenvalue weighted by molar-refractivity contribution is 7.15. The SMILES string of the molecule is CC(=O)NCc1ccccc1-c1ccc(C)s1. The van der Waals surface area contributed by atoms with Gasteiger partial charge in [0.05, 0.1) is 0 Å². The summed E-state index contributed by atoms with van der Waals surface area (Å²) in [6.45, 7) is 4.23. The molecule has 0 unspecified atom stereocenters. The van der Waals surface area contributed by atoms with Crippen molar-refractivity contribution in [2.45, 2.75) is 20.4 Å². The van der Waals surface area contributed by atoms with Crippen LogP contribution in [0.4, 0.5) is 0 Å². The maximum atomic E-state index is 11.0. The van der Waals surface area contributed by atoms with Crippen LogP contribution in [0.1, 0.15) is 17.4 Å². The van der Waals surface area contributed by atoms with Crippen molar-refractivity contribution >= 4 is 17.2 Å². The molecule has 0 radical (unpaired) electrons. The van der Waals surface area contributed by atoms with Crippen molar-refractivity contribution in [3.63, 3.8) is 0 Å². The van der Waals surface area contributed by atoms with Gasteiger partial charge in [0.15, 0.2) is 0 Å². The highest BCUT2D eigenvalue weighted by Crippen LogP contribution is 2.30. The zero-order valence-electron chi connectivity index (χ0n) is 9.99. The molecule has 17 heavy (non-hydrogen) atoms. The van der Waals surface area contributed by atoms with Gasteiger partial charge in [-0.25, -0.2) is 0 Å². The zero-order chi connectivity index (χ0) is 12.3. The van der Waals surface area contributed by atoms with Gasteiger partial charge >= 0.3 is 0 Å². The molecule has 0 atom stereocenters. The van der Waals surface area contributed by atoms with Crippen LogP contribution >= 0.6 is 11.3 Å². The minimum Gasteiger partial charge on any atom is -0.352 e. The second-order valence-corrected chi connectivity index (χ2v) is 5.27. The van der Waals surface area contributed by atoms with E-state index in [0.717, 1.165) is 5.56 Å². The maximum absolute atomic E-state index is 11.0. The molecule has 0 aliphatic heterocycles. The van der Waals surface area contributed by atoms with Crippen molar-refractivity contribution in [3.05, 3.63) is 46.8 Å². The van der Waals surface area contributed by atoms with Crippen molar-refractivity contribution in [2.24, 2.45) is 0 Å². The molecule has 0 saturated carbocycles. The lowest BCUT2D eigenvalue weighted by Gasteiger charge is -2.08. The van der Waals surface area contributed by atoms with Gasteiger partial charge in [0, 0.05) is 23.2 Å². The van der Waals surface area contributed by atoms with Crippen molar-refractivity contribution < 1.29 is 4.79 Å². The number of carbonyl (C=O) groups is 1. The molecule has 0 aliphatic rings. The van der Waals surface area contributed by atoms with Crippen LogP contribution in [0, 0.1) is 6.92 Å². The predicted octanol–water partition coefficient (Wildman–Crippen LogP) is 3.36. The number of hydrogen-bond acceptors (Lipinski definition) is 2. The molecule has 1 amide bonds. The van der Waals surface area contributed by atoms with E-state index in [-0.39, 0.29) is 5.91 Å². The molecule has 2 aromatic rings. The molecule has 88 valence electrons. The predicted molar refractivity (Wildman–Crippen MR) is 72.0 cm³/mol. The van der Waals surface area contributed by atoms with Crippen LogP contribution in [0.5, 0.6) is 0 Å². The quantitative estimate of drug-likeness (QED) is 0.882. The molecule has 1 aromatic heterocycles. The average molecular weight is 245 g/mol. The third-order valence-electron chi connectivity index (χ3n) is 2.55. The highest BCUT2D eigenvalue weighted by Gasteiger charge is 2.06. The fourth-order valence-electron chi connectivity index (χ4n) is 1.71. The molecule has 0 aliphatic carbocycles. The van der Waals surface area contributed by atoms with E-state index in [4.69, 9.17) is 0 Å². The number of rotatable bonds is 3. The number of amides is 1. The molecule has 2 rings (SSSR count). The van der Waals surface area contributed by atoms with Gasteiger partial charge in [-0.15, -0.1) is 11.3 Å². The summed E-state index contributed by atoms with van der Waals surface area (Å²) in [7, 11) is 0. The molecule has 1 aromatic carbocycles. The Bertz CT molecular complexity index is 531. The summed E-state index contributed by atoms with van der Waals surface area (Å²) >= 11 is 1.78. The molecule has 0 bridgehead atoms. The number of carbonyl (C=O) groups excluding carboxylic acids is 1. The van der Waals surface area contributed by atoms with Crippen molar-refractivity contribution in [2.75, 3.05) is 0 Å². The summed E-state index contributed by atoms with van der Waals surface area (Å²) in [5.74, 6) is 0.00200. The summed E-state index contributed by atoms with van der Waals surface area (Å²) in [6, 6.07) is 12.4. The number of hydrogen-bond donors (Lipinski definition) is 1. The van der Waals surface area contributed by atoms with E-state index in [1.54, 1.807) is 11.3 Å². The molecule has 1 heterocycles. The summed E-state index contributed by atoms with van der Waals surface area (Å²) in [6.07, 6.45) is 0. The Morgan fingerprint density at radius 2 is 2.00 bits per heavy atom.